The van der Waals surface area contributed by atoms with Gasteiger partial charge in [0.1, 0.15) is 0 Å². The highest BCUT2D eigenvalue weighted by Crippen LogP contribution is 2.25. The average Bonchev–Trinajstić information content (AvgIpc) is 2.30. The van der Waals surface area contributed by atoms with E-state index in [0.29, 0.717) is 11.3 Å². The van der Waals surface area contributed by atoms with Crippen LogP contribution in [0.25, 0.3) is 0 Å². The first kappa shape index (κ1) is 14.2. The maximum atomic E-state index is 12.4. The van der Waals surface area contributed by atoms with Crippen LogP contribution in [0, 0.1) is 6.92 Å². The third-order valence-electron chi connectivity index (χ3n) is 3.28. The Morgan fingerprint density at radius 3 is 2.41 bits per heavy atom. The zero-order valence-corrected chi connectivity index (χ0v) is 12.0. The van der Waals surface area contributed by atoms with E-state index in [9.17, 15) is 8.42 Å². The molecule has 1 atom stereocenters. The van der Waals surface area contributed by atoms with Crippen molar-refractivity contribution in [2.75, 3.05) is 0 Å². The predicted octanol–water partition coefficient (Wildman–Crippen LogP) is 3.52. The highest BCUT2D eigenvalue weighted by Gasteiger charge is 2.24. The Bertz CT molecular complexity index is 475. The van der Waals surface area contributed by atoms with E-state index in [1.165, 1.54) is 0 Å². The van der Waals surface area contributed by atoms with Crippen LogP contribution in [0.4, 0.5) is 0 Å². The molecule has 1 rings (SSSR count). The molecule has 0 aliphatic heterocycles. The van der Waals surface area contributed by atoms with E-state index in [1.54, 1.807) is 13.0 Å². The Morgan fingerprint density at radius 2 is 1.88 bits per heavy atom. The summed E-state index contributed by atoms with van der Waals surface area (Å²) in [5.74, 6) is 0. The Labute approximate surface area is 105 Å². The quantitative estimate of drug-likeness (QED) is 0.805. The van der Waals surface area contributed by atoms with Crippen LogP contribution in [0.1, 0.15) is 44.7 Å². The van der Waals surface area contributed by atoms with E-state index < -0.39 is 9.84 Å². The summed E-state index contributed by atoms with van der Waals surface area (Å²) in [6.45, 7) is 7.76. The molecule has 0 saturated heterocycles. The molecule has 1 unspecified atom stereocenters. The first-order valence-corrected chi connectivity index (χ1v) is 7.82. The smallest absolute Gasteiger partial charge is 0.181 e. The Kier molecular flexibility index (Phi) is 4.75. The molecule has 0 aliphatic rings. The summed E-state index contributed by atoms with van der Waals surface area (Å²) >= 11 is 0. The summed E-state index contributed by atoms with van der Waals surface area (Å²) in [6.07, 6.45) is 2.45. The summed E-state index contributed by atoms with van der Waals surface area (Å²) < 4.78 is 24.8. The molecule has 1 aromatic carbocycles. The van der Waals surface area contributed by atoms with Gasteiger partial charge in [-0.3, -0.25) is 0 Å². The van der Waals surface area contributed by atoms with Crippen LogP contribution in [0.3, 0.4) is 0 Å². The van der Waals surface area contributed by atoms with Crippen molar-refractivity contribution < 1.29 is 8.42 Å². The van der Waals surface area contributed by atoms with Crippen molar-refractivity contribution in [3.05, 3.63) is 29.3 Å². The minimum atomic E-state index is -3.16. The Morgan fingerprint density at radius 1 is 1.24 bits per heavy atom. The molecule has 0 spiro atoms. The van der Waals surface area contributed by atoms with Gasteiger partial charge in [0.25, 0.3) is 0 Å². The summed E-state index contributed by atoms with van der Waals surface area (Å²) in [4.78, 5) is 0.536. The summed E-state index contributed by atoms with van der Waals surface area (Å²) in [5, 5.41) is -0.306. The van der Waals surface area contributed by atoms with E-state index in [0.717, 1.165) is 24.0 Å². The summed E-state index contributed by atoms with van der Waals surface area (Å²) in [7, 11) is -3.16. The van der Waals surface area contributed by atoms with E-state index in [-0.39, 0.29) is 5.25 Å². The van der Waals surface area contributed by atoms with Gasteiger partial charge in [0, 0.05) is 0 Å². The molecule has 1 aromatic rings. The van der Waals surface area contributed by atoms with Gasteiger partial charge < -0.3 is 0 Å². The number of rotatable bonds is 5. The molecule has 0 bridgehead atoms. The van der Waals surface area contributed by atoms with Crippen molar-refractivity contribution >= 4 is 9.84 Å². The first-order valence-electron chi connectivity index (χ1n) is 6.27. The van der Waals surface area contributed by atoms with Gasteiger partial charge in [-0.25, -0.2) is 8.42 Å². The van der Waals surface area contributed by atoms with Gasteiger partial charge in [0.05, 0.1) is 10.1 Å². The van der Waals surface area contributed by atoms with Gasteiger partial charge in [0.15, 0.2) is 9.84 Å². The van der Waals surface area contributed by atoms with Gasteiger partial charge in [-0.15, -0.1) is 0 Å². The lowest BCUT2D eigenvalue weighted by molar-refractivity contribution is 0.579. The molecule has 3 heteroatoms. The fraction of sp³-hybridized carbons (Fsp3) is 0.571. The molecule has 0 amide bonds. The van der Waals surface area contributed by atoms with Crippen molar-refractivity contribution in [1.82, 2.24) is 0 Å². The monoisotopic (exact) mass is 254 g/mol. The largest absolute Gasteiger partial charge is 0.223 e. The molecule has 0 aromatic heterocycles. The topological polar surface area (TPSA) is 34.1 Å². The van der Waals surface area contributed by atoms with Crippen LogP contribution in [0.2, 0.25) is 0 Å². The van der Waals surface area contributed by atoms with Gasteiger partial charge in [-0.2, -0.15) is 0 Å². The standard InChI is InChI=1S/C14H22O2S/c1-5-8-13-11(3)9-7-10-14(13)17(15,16)12(4)6-2/h7,9-10,12H,5-6,8H2,1-4H3. The summed E-state index contributed by atoms with van der Waals surface area (Å²) in [6, 6.07) is 5.57. The second-order valence-corrected chi connectivity index (χ2v) is 6.90. The third kappa shape index (κ3) is 2.89. The van der Waals surface area contributed by atoms with Gasteiger partial charge >= 0.3 is 0 Å². The van der Waals surface area contributed by atoms with Crippen LogP contribution >= 0.6 is 0 Å². The van der Waals surface area contributed by atoms with Crippen molar-refractivity contribution in [3.8, 4) is 0 Å². The predicted molar refractivity (Wildman–Crippen MR) is 72.1 cm³/mol. The minimum absolute atomic E-state index is 0.306. The van der Waals surface area contributed by atoms with Gasteiger partial charge in [-0.1, -0.05) is 32.4 Å². The van der Waals surface area contributed by atoms with E-state index in [2.05, 4.69) is 6.92 Å². The van der Waals surface area contributed by atoms with Gasteiger partial charge in [0.2, 0.25) is 0 Å². The zero-order valence-electron chi connectivity index (χ0n) is 11.2. The van der Waals surface area contributed by atoms with Crippen LogP contribution in [-0.4, -0.2) is 13.7 Å². The molecule has 0 heterocycles. The second-order valence-electron chi connectivity index (χ2n) is 4.57. The van der Waals surface area contributed by atoms with E-state index >= 15 is 0 Å². The lowest BCUT2D eigenvalue weighted by Gasteiger charge is -2.16. The maximum absolute atomic E-state index is 12.4. The van der Waals surface area contributed by atoms with Crippen molar-refractivity contribution in [3.63, 3.8) is 0 Å². The number of hydrogen-bond donors (Lipinski definition) is 0. The fourth-order valence-electron chi connectivity index (χ4n) is 1.95. The zero-order chi connectivity index (χ0) is 13.1. The molecule has 2 nitrogen and oxygen atoms in total. The van der Waals surface area contributed by atoms with E-state index in [4.69, 9.17) is 0 Å². The minimum Gasteiger partial charge on any atom is -0.223 e. The molecular weight excluding hydrogens is 232 g/mol. The molecule has 0 N–H and O–H groups in total. The molecule has 0 fully saturated rings. The van der Waals surface area contributed by atoms with Crippen molar-refractivity contribution in [2.45, 2.75) is 57.1 Å². The summed E-state index contributed by atoms with van der Waals surface area (Å²) in [5.41, 5.74) is 2.08. The number of hydrogen-bond acceptors (Lipinski definition) is 2. The normalized spacial score (nSPS) is 13.6. The Hall–Kier alpha value is -0.830. The second kappa shape index (κ2) is 5.67. The molecule has 0 saturated carbocycles. The van der Waals surface area contributed by atoms with Crippen LogP contribution in [0.5, 0.6) is 0 Å². The molecule has 0 aliphatic carbocycles. The molecule has 96 valence electrons. The highest BCUT2D eigenvalue weighted by atomic mass is 32.2. The first-order chi connectivity index (χ1) is 7.95. The lowest BCUT2D eigenvalue weighted by atomic mass is 10.0. The Balaban J connectivity index is 3.36. The molecule has 17 heavy (non-hydrogen) atoms. The lowest BCUT2D eigenvalue weighted by Crippen LogP contribution is -2.19. The number of benzene rings is 1. The van der Waals surface area contributed by atoms with Crippen molar-refractivity contribution in [2.24, 2.45) is 0 Å². The molecule has 0 radical (unpaired) electrons. The third-order valence-corrected chi connectivity index (χ3v) is 5.67. The number of sulfone groups is 1. The number of aryl methyl sites for hydroxylation is 1. The van der Waals surface area contributed by atoms with Crippen LogP contribution < -0.4 is 0 Å². The van der Waals surface area contributed by atoms with E-state index in [1.807, 2.05) is 26.0 Å². The van der Waals surface area contributed by atoms with Crippen molar-refractivity contribution in [1.29, 1.82) is 0 Å². The van der Waals surface area contributed by atoms with Gasteiger partial charge in [-0.05, 0) is 43.9 Å². The SMILES string of the molecule is CCCc1c(C)cccc1S(=O)(=O)C(C)CC. The fourth-order valence-corrected chi connectivity index (χ4v) is 3.70. The van der Waals surface area contributed by atoms with Crippen LogP contribution in [0.15, 0.2) is 23.1 Å². The average molecular weight is 254 g/mol. The maximum Gasteiger partial charge on any atom is 0.181 e. The highest BCUT2D eigenvalue weighted by molar-refractivity contribution is 7.92. The molecular formula is C14H22O2S. The van der Waals surface area contributed by atoms with Crippen LogP contribution in [-0.2, 0) is 16.3 Å².